The molecule has 0 radical (unpaired) electrons. The molecule has 0 aliphatic heterocycles. The van der Waals surface area contributed by atoms with Gasteiger partial charge in [0, 0.05) is 6.26 Å². The molecule has 0 saturated carbocycles. The van der Waals surface area contributed by atoms with Crippen LogP contribution in [0.3, 0.4) is 0 Å². The molecule has 0 aliphatic carbocycles. The largest absolute Gasteiger partial charge is 0.463 e. The Morgan fingerprint density at radius 3 is 2.39 bits per heavy atom. The number of carbonyl (C=O) groups is 2. The second-order valence-corrected chi connectivity index (χ2v) is 8.80. The molecule has 1 atom stereocenters. The number of amides is 1. The van der Waals surface area contributed by atoms with Gasteiger partial charge in [0.15, 0.2) is 15.5 Å². The van der Waals surface area contributed by atoms with Crippen molar-refractivity contribution in [2.24, 2.45) is 0 Å². The number of ether oxygens (including phenoxy) is 1. The first kappa shape index (κ1) is 22.0. The number of hydrogen-bond donors (Lipinski definition) is 2. The first-order valence-corrected chi connectivity index (χ1v) is 11.1. The number of hydrogen-bond acceptors (Lipinski definition) is 8. The number of sulfone groups is 1. The Kier molecular flexibility index (Phi) is 6.71. The number of anilines is 1. The molecule has 3 aromatic rings. The number of oxazole rings is 1. The summed E-state index contributed by atoms with van der Waals surface area (Å²) in [4.78, 5) is 28.7. The van der Waals surface area contributed by atoms with Crippen molar-refractivity contribution in [2.75, 3.05) is 18.6 Å². The quantitative estimate of drug-likeness (QED) is 0.503. The number of aromatic nitrogens is 1. The van der Waals surface area contributed by atoms with Gasteiger partial charge in [0.05, 0.1) is 17.4 Å². The fraction of sp³-hybridized carbons (Fsp3) is 0.190. The molecule has 1 amide bonds. The molecule has 0 bridgehead atoms. The van der Waals surface area contributed by atoms with Gasteiger partial charge in [-0.25, -0.2) is 8.42 Å². The average Bonchev–Trinajstić information content (AvgIpc) is 3.18. The molecule has 0 unspecified atom stereocenters. The highest BCUT2D eigenvalue weighted by Gasteiger charge is 2.20. The van der Waals surface area contributed by atoms with Crippen LogP contribution in [0.1, 0.15) is 27.7 Å². The topological polar surface area (TPSA) is 142 Å². The minimum atomic E-state index is -3.31. The normalized spacial score (nSPS) is 12.2. The second-order valence-electron chi connectivity index (χ2n) is 6.78. The van der Waals surface area contributed by atoms with Crippen LogP contribution < -0.4 is 11.1 Å². The minimum Gasteiger partial charge on any atom is -0.463 e. The van der Waals surface area contributed by atoms with Crippen molar-refractivity contribution >= 4 is 27.7 Å². The van der Waals surface area contributed by atoms with Crippen LogP contribution in [0.2, 0.25) is 0 Å². The predicted molar refractivity (Wildman–Crippen MR) is 112 cm³/mol. The van der Waals surface area contributed by atoms with E-state index in [4.69, 9.17) is 14.9 Å². The van der Waals surface area contributed by atoms with E-state index >= 15 is 0 Å². The molecular weight excluding hydrogens is 422 g/mol. The molecule has 0 saturated heterocycles. The maximum atomic E-state index is 12.4. The SMILES string of the molecule is CS(=O)(=O)c1ccc(CC(=O)OC[C@H](NC(=O)c2coc(N)n2)c2ccccc2)cc1. The average molecular weight is 443 g/mol. The van der Waals surface area contributed by atoms with Crippen molar-refractivity contribution in [1.82, 2.24) is 10.3 Å². The lowest BCUT2D eigenvalue weighted by Gasteiger charge is -2.18. The van der Waals surface area contributed by atoms with E-state index < -0.39 is 27.8 Å². The Balaban J connectivity index is 1.64. The van der Waals surface area contributed by atoms with Crippen molar-refractivity contribution in [3.05, 3.63) is 77.7 Å². The Bertz CT molecular complexity index is 1160. The molecule has 2 aromatic carbocycles. The monoisotopic (exact) mass is 443 g/mol. The number of nitrogen functional groups attached to an aromatic ring is 1. The van der Waals surface area contributed by atoms with Crippen molar-refractivity contribution < 1.29 is 27.2 Å². The van der Waals surface area contributed by atoms with Gasteiger partial charge < -0.3 is 20.2 Å². The summed E-state index contributed by atoms with van der Waals surface area (Å²) in [5.74, 6) is -1.05. The number of nitrogens with zero attached hydrogens (tertiary/aromatic N) is 1. The molecular formula is C21H21N3O6S. The fourth-order valence-electron chi connectivity index (χ4n) is 2.78. The Morgan fingerprint density at radius 1 is 1.13 bits per heavy atom. The Morgan fingerprint density at radius 2 is 1.81 bits per heavy atom. The Labute approximate surface area is 179 Å². The highest BCUT2D eigenvalue weighted by Crippen LogP contribution is 2.16. The summed E-state index contributed by atoms with van der Waals surface area (Å²) in [5.41, 5.74) is 6.75. The number of esters is 1. The summed E-state index contributed by atoms with van der Waals surface area (Å²) < 4.78 is 33.3. The van der Waals surface area contributed by atoms with Crippen molar-refractivity contribution in [2.45, 2.75) is 17.4 Å². The number of benzene rings is 2. The van der Waals surface area contributed by atoms with Crippen LogP contribution in [0.5, 0.6) is 0 Å². The number of carbonyl (C=O) groups excluding carboxylic acids is 2. The molecule has 0 aliphatic rings. The van der Waals surface area contributed by atoms with E-state index in [0.29, 0.717) is 5.56 Å². The van der Waals surface area contributed by atoms with Crippen LogP contribution in [0.25, 0.3) is 0 Å². The molecule has 0 fully saturated rings. The number of rotatable bonds is 8. The van der Waals surface area contributed by atoms with Gasteiger partial charge in [0.2, 0.25) is 0 Å². The summed E-state index contributed by atoms with van der Waals surface area (Å²) in [5, 5.41) is 2.75. The molecule has 162 valence electrons. The molecule has 3 rings (SSSR count). The third-order valence-electron chi connectivity index (χ3n) is 4.37. The van der Waals surface area contributed by atoms with E-state index in [2.05, 4.69) is 10.3 Å². The zero-order valence-corrected chi connectivity index (χ0v) is 17.5. The third-order valence-corrected chi connectivity index (χ3v) is 5.50. The minimum absolute atomic E-state index is 0.00993. The zero-order chi connectivity index (χ0) is 22.4. The predicted octanol–water partition coefficient (Wildman–Crippen LogP) is 1.92. The maximum absolute atomic E-state index is 12.4. The van der Waals surface area contributed by atoms with Gasteiger partial charge in [-0.3, -0.25) is 9.59 Å². The summed E-state index contributed by atoms with van der Waals surface area (Å²) in [6.07, 6.45) is 2.21. The van der Waals surface area contributed by atoms with Crippen LogP contribution in [0, 0.1) is 0 Å². The zero-order valence-electron chi connectivity index (χ0n) is 16.6. The van der Waals surface area contributed by atoms with E-state index in [0.717, 1.165) is 18.1 Å². The number of nitrogens with two attached hydrogens (primary N) is 1. The molecule has 1 heterocycles. The van der Waals surface area contributed by atoms with Gasteiger partial charge in [-0.05, 0) is 23.3 Å². The first-order valence-electron chi connectivity index (χ1n) is 9.24. The summed E-state index contributed by atoms with van der Waals surface area (Å²) in [6, 6.07) is 14.3. The second kappa shape index (κ2) is 9.43. The molecule has 3 N–H and O–H groups in total. The summed E-state index contributed by atoms with van der Waals surface area (Å²) in [6.45, 7) is -0.108. The summed E-state index contributed by atoms with van der Waals surface area (Å²) in [7, 11) is -3.31. The van der Waals surface area contributed by atoms with Gasteiger partial charge in [0.25, 0.3) is 11.9 Å². The van der Waals surface area contributed by atoms with Gasteiger partial charge in [-0.15, -0.1) is 0 Å². The third kappa shape index (κ3) is 6.16. The van der Waals surface area contributed by atoms with Gasteiger partial charge in [-0.1, -0.05) is 42.5 Å². The van der Waals surface area contributed by atoms with E-state index in [1.807, 2.05) is 6.07 Å². The lowest BCUT2D eigenvalue weighted by Crippen LogP contribution is -2.32. The van der Waals surface area contributed by atoms with E-state index in [1.165, 1.54) is 12.1 Å². The van der Waals surface area contributed by atoms with Crippen LogP contribution in [-0.4, -0.2) is 38.1 Å². The fourth-order valence-corrected chi connectivity index (χ4v) is 3.41. The smallest absolute Gasteiger partial charge is 0.310 e. The molecule has 31 heavy (non-hydrogen) atoms. The highest BCUT2D eigenvalue weighted by atomic mass is 32.2. The standard InChI is InChI=1S/C21H21N3O6S/c1-31(27,28)16-9-7-14(8-10-16)11-19(25)29-12-17(15-5-3-2-4-6-15)23-20(26)18-13-30-21(22)24-18/h2-10,13,17H,11-12H2,1H3,(H2,22,24)(H,23,26)/t17-/m0/s1. The van der Waals surface area contributed by atoms with Crippen molar-refractivity contribution in [3.63, 3.8) is 0 Å². The molecule has 0 spiro atoms. The van der Waals surface area contributed by atoms with Crippen LogP contribution >= 0.6 is 0 Å². The van der Waals surface area contributed by atoms with Crippen LogP contribution in [0.15, 0.2) is 70.2 Å². The molecule has 10 heteroatoms. The molecule has 9 nitrogen and oxygen atoms in total. The van der Waals surface area contributed by atoms with Crippen LogP contribution in [-0.2, 0) is 25.8 Å². The van der Waals surface area contributed by atoms with Gasteiger partial charge in [-0.2, -0.15) is 4.98 Å². The van der Waals surface area contributed by atoms with Crippen molar-refractivity contribution in [3.8, 4) is 0 Å². The highest BCUT2D eigenvalue weighted by molar-refractivity contribution is 7.90. The lowest BCUT2D eigenvalue weighted by molar-refractivity contribution is -0.143. The number of nitrogens with one attached hydrogen (secondary N) is 1. The van der Waals surface area contributed by atoms with E-state index in [9.17, 15) is 18.0 Å². The van der Waals surface area contributed by atoms with Gasteiger partial charge in [0.1, 0.15) is 12.9 Å². The lowest BCUT2D eigenvalue weighted by atomic mass is 10.1. The van der Waals surface area contributed by atoms with E-state index in [-0.39, 0.29) is 29.6 Å². The Hall–Kier alpha value is -3.66. The van der Waals surface area contributed by atoms with E-state index in [1.54, 1.807) is 36.4 Å². The van der Waals surface area contributed by atoms with Gasteiger partial charge >= 0.3 is 5.97 Å². The first-order chi connectivity index (χ1) is 14.7. The van der Waals surface area contributed by atoms with Crippen LogP contribution in [0.4, 0.5) is 6.01 Å². The van der Waals surface area contributed by atoms with Crippen molar-refractivity contribution in [1.29, 1.82) is 0 Å². The molecule has 1 aromatic heterocycles. The summed E-state index contributed by atoms with van der Waals surface area (Å²) >= 11 is 0. The maximum Gasteiger partial charge on any atom is 0.310 e.